The molecule has 4 nitrogen and oxygen atoms in total. The lowest BCUT2D eigenvalue weighted by Crippen LogP contribution is -1.87. The van der Waals surface area contributed by atoms with E-state index in [-0.39, 0.29) is 5.75 Å². The molecule has 2 heterocycles. The number of aromatic nitrogens is 2. The van der Waals surface area contributed by atoms with Crippen molar-refractivity contribution in [3.8, 4) is 28.4 Å². The number of nitrogens with zero attached hydrogens (tertiary/aromatic N) is 1. The van der Waals surface area contributed by atoms with Gasteiger partial charge in [0, 0.05) is 18.0 Å². The molecule has 2 N–H and O–H groups in total. The number of pyridine rings is 1. The summed E-state index contributed by atoms with van der Waals surface area (Å²) in [5.41, 5.74) is 2.74. The van der Waals surface area contributed by atoms with Gasteiger partial charge in [0.25, 0.3) is 0 Å². The molecule has 0 atom stereocenters. The summed E-state index contributed by atoms with van der Waals surface area (Å²) < 4.78 is 6.03. The minimum absolute atomic E-state index is 0.243. The average molecular weight is 302 g/mol. The third kappa shape index (κ3) is 2.51. The van der Waals surface area contributed by atoms with Crippen LogP contribution in [0.5, 0.6) is 17.2 Å². The van der Waals surface area contributed by atoms with Gasteiger partial charge in [0.05, 0.1) is 5.39 Å². The Hall–Kier alpha value is -3.27. The van der Waals surface area contributed by atoms with E-state index in [0.717, 1.165) is 33.7 Å². The summed E-state index contributed by atoms with van der Waals surface area (Å²) in [7, 11) is 0. The molecule has 4 rings (SSSR count). The molecule has 0 aliphatic heterocycles. The van der Waals surface area contributed by atoms with Gasteiger partial charge in [-0.05, 0) is 35.9 Å². The van der Waals surface area contributed by atoms with Gasteiger partial charge in [-0.3, -0.25) is 0 Å². The molecule has 2 aromatic carbocycles. The van der Waals surface area contributed by atoms with E-state index in [9.17, 15) is 5.11 Å². The minimum atomic E-state index is 0.243. The number of benzene rings is 2. The third-order valence-corrected chi connectivity index (χ3v) is 3.68. The SMILES string of the molecule is Oc1ccc(-c2c[nH]c3nccc(Oc4ccccc4)c23)cc1. The summed E-state index contributed by atoms with van der Waals surface area (Å²) in [4.78, 5) is 7.54. The summed E-state index contributed by atoms with van der Waals surface area (Å²) in [6, 6.07) is 18.6. The monoisotopic (exact) mass is 302 g/mol. The molecule has 0 aliphatic rings. The van der Waals surface area contributed by atoms with Crippen LogP contribution in [0.2, 0.25) is 0 Å². The van der Waals surface area contributed by atoms with E-state index >= 15 is 0 Å². The van der Waals surface area contributed by atoms with Crippen LogP contribution in [-0.2, 0) is 0 Å². The number of H-pyrrole nitrogens is 1. The lowest BCUT2D eigenvalue weighted by molar-refractivity contribution is 0.475. The van der Waals surface area contributed by atoms with Gasteiger partial charge in [-0.2, -0.15) is 0 Å². The number of nitrogens with one attached hydrogen (secondary N) is 1. The van der Waals surface area contributed by atoms with Crippen molar-refractivity contribution in [2.45, 2.75) is 0 Å². The second-order valence-electron chi connectivity index (χ2n) is 5.20. The Morgan fingerprint density at radius 3 is 2.48 bits per heavy atom. The van der Waals surface area contributed by atoms with Crippen LogP contribution in [0, 0.1) is 0 Å². The van der Waals surface area contributed by atoms with Crippen molar-refractivity contribution in [2.75, 3.05) is 0 Å². The lowest BCUT2D eigenvalue weighted by atomic mass is 10.1. The van der Waals surface area contributed by atoms with Crippen molar-refractivity contribution < 1.29 is 9.84 Å². The Balaban J connectivity index is 1.85. The number of hydrogen-bond donors (Lipinski definition) is 2. The predicted octanol–water partition coefficient (Wildman–Crippen LogP) is 4.73. The first kappa shape index (κ1) is 13.4. The molecule has 0 fully saturated rings. The molecule has 0 amide bonds. The number of fused-ring (bicyclic) bond motifs is 1. The summed E-state index contributed by atoms with van der Waals surface area (Å²) in [6.07, 6.45) is 3.62. The zero-order valence-corrected chi connectivity index (χ0v) is 12.2. The van der Waals surface area contributed by atoms with Crippen LogP contribution in [-0.4, -0.2) is 15.1 Å². The van der Waals surface area contributed by atoms with Crippen LogP contribution in [0.4, 0.5) is 0 Å². The molecule has 0 saturated heterocycles. The van der Waals surface area contributed by atoms with Gasteiger partial charge >= 0.3 is 0 Å². The topological polar surface area (TPSA) is 58.1 Å². The quantitative estimate of drug-likeness (QED) is 0.575. The van der Waals surface area contributed by atoms with Crippen LogP contribution in [0.3, 0.4) is 0 Å². The van der Waals surface area contributed by atoms with Gasteiger partial charge in [0.1, 0.15) is 22.9 Å². The van der Waals surface area contributed by atoms with Gasteiger partial charge in [0.2, 0.25) is 0 Å². The van der Waals surface area contributed by atoms with Crippen LogP contribution in [0.15, 0.2) is 73.1 Å². The molecule has 0 unspecified atom stereocenters. The maximum absolute atomic E-state index is 9.47. The van der Waals surface area contributed by atoms with Crippen LogP contribution in [0.1, 0.15) is 0 Å². The smallest absolute Gasteiger partial charge is 0.141 e. The Bertz CT molecular complexity index is 944. The second-order valence-corrected chi connectivity index (χ2v) is 5.20. The zero-order valence-electron chi connectivity index (χ0n) is 12.2. The molecular formula is C19H14N2O2. The largest absolute Gasteiger partial charge is 0.508 e. The molecule has 112 valence electrons. The summed E-state index contributed by atoms with van der Waals surface area (Å²) in [5, 5.41) is 10.4. The van der Waals surface area contributed by atoms with Crippen molar-refractivity contribution in [2.24, 2.45) is 0 Å². The van der Waals surface area contributed by atoms with E-state index in [1.54, 1.807) is 18.3 Å². The third-order valence-electron chi connectivity index (χ3n) is 3.68. The highest BCUT2D eigenvalue weighted by molar-refractivity contribution is 5.98. The highest BCUT2D eigenvalue weighted by Crippen LogP contribution is 2.36. The van der Waals surface area contributed by atoms with Crippen LogP contribution >= 0.6 is 0 Å². The molecule has 0 spiro atoms. The van der Waals surface area contributed by atoms with Gasteiger partial charge in [-0.25, -0.2) is 4.98 Å². The number of phenols is 1. The minimum Gasteiger partial charge on any atom is -0.508 e. The van der Waals surface area contributed by atoms with Crippen LogP contribution in [0.25, 0.3) is 22.2 Å². The van der Waals surface area contributed by atoms with E-state index in [2.05, 4.69) is 9.97 Å². The number of phenolic OH excluding ortho intramolecular Hbond substituents is 1. The van der Waals surface area contributed by atoms with E-state index in [0.29, 0.717) is 0 Å². The van der Waals surface area contributed by atoms with Crippen molar-refractivity contribution in [3.63, 3.8) is 0 Å². The maximum Gasteiger partial charge on any atom is 0.141 e. The van der Waals surface area contributed by atoms with Gasteiger partial charge < -0.3 is 14.8 Å². The fraction of sp³-hybridized carbons (Fsp3) is 0. The summed E-state index contributed by atoms with van der Waals surface area (Å²) in [6.45, 7) is 0. The molecule has 2 aromatic heterocycles. The Morgan fingerprint density at radius 1 is 0.913 bits per heavy atom. The van der Waals surface area contributed by atoms with Crippen molar-refractivity contribution >= 4 is 11.0 Å². The van der Waals surface area contributed by atoms with E-state index in [1.165, 1.54) is 0 Å². The van der Waals surface area contributed by atoms with Crippen LogP contribution < -0.4 is 4.74 Å². The second kappa shape index (κ2) is 5.50. The predicted molar refractivity (Wildman–Crippen MR) is 89.7 cm³/mol. The van der Waals surface area contributed by atoms with Gasteiger partial charge in [-0.15, -0.1) is 0 Å². The number of aromatic hydroxyl groups is 1. The highest BCUT2D eigenvalue weighted by Gasteiger charge is 2.13. The number of para-hydroxylation sites is 1. The van der Waals surface area contributed by atoms with Crippen molar-refractivity contribution in [3.05, 3.63) is 73.1 Å². The highest BCUT2D eigenvalue weighted by atomic mass is 16.5. The summed E-state index contributed by atoms with van der Waals surface area (Å²) in [5.74, 6) is 1.76. The molecular weight excluding hydrogens is 288 g/mol. The average Bonchev–Trinajstić information content (AvgIpc) is 3.02. The first-order valence-electron chi connectivity index (χ1n) is 7.30. The van der Waals surface area contributed by atoms with E-state index < -0.39 is 0 Å². The fourth-order valence-electron chi connectivity index (χ4n) is 2.60. The normalized spacial score (nSPS) is 10.8. The lowest BCUT2D eigenvalue weighted by Gasteiger charge is -2.08. The van der Waals surface area contributed by atoms with Gasteiger partial charge in [-0.1, -0.05) is 30.3 Å². The van der Waals surface area contributed by atoms with Crippen molar-refractivity contribution in [1.29, 1.82) is 0 Å². The molecule has 4 heteroatoms. The number of aromatic amines is 1. The Labute approximate surface area is 133 Å². The summed E-state index contributed by atoms with van der Waals surface area (Å²) >= 11 is 0. The van der Waals surface area contributed by atoms with E-state index in [4.69, 9.17) is 4.74 Å². The molecule has 23 heavy (non-hydrogen) atoms. The Morgan fingerprint density at radius 2 is 1.70 bits per heavy atom. The van der Waals surface area contributed by atoms with Crippen molar-refractivity contribution in [1.82, 2.24) is 9.97 Å². The fourth-order valence-corrected chi connectivity index (χ4v) is 2.60. The Kier molecular flexibility index (Phi) is 3.20. The van der Waals surface area contributed by atoms with E-state index in [1.807, 2.05) is 54.7 Å². The first-order valence-corrected chi connectivity index (χ1v) is 7.30. The molecule has 4 aromatic rings. The van der Waals surface area contributed by atoms with Gasteiger partial charge in [0.15, 0.2) is 0 Å². The maximum atomic E-state index is 9.47. The molecule has 0 bridgehead atoms. The number of ether oxygens (including phenoxy) is 1. The first-order chi connectivity index (χ1) is 11.3. The number of hydrogen-bond acceptors (Lipinski definition) is 3. The molecule has 0 saturated carbocycles. The number of rotatable bonds is 3. The standard InChI is InChI=1S/C19H14N2O2/c22-14-8-6-13(7-9-14)16-12-21-19-18(16)17(10-11-20-19)23-15-4-2-1-3-5-15/h1-12,22H,(H,20,21). The molecule has 0 radical (unpaired) electrons. The zero-order chi connectivity index (χ0) is 15.6. The molecule has 0 aliphatic carbocycles.